The molecule has 0 saturated heterocycles. The summed E-state index contributed by atoms with van der Waals surface area (Å²) in [6, 6.07) is 3.54. The molecular formula is C22H22F2N6O3S. The van der Waals surface area contributed by atoms with Crippen molar-refractivity contribution in [3.05, 3.63) is 41.7 Å². The highest BCUT2D eigenvalue weighted by molar-refractivity contribution is 7.89. The number of nitrogens with one attached hydrogen (secondary N) is 1. The number of alkyl halides is 2. The van der Waals surface area contributed by atoms with E-state index in [0.717, 1.165) is 18.4 Å². The summed E-state index contributed by atoms with van der Waals surface area (Å²) < 4.78 is 55.7. The number of halogens is 2. The van der Waals surface area contributed by atoms with E-state index in [9.17, 15) is 22.0 Å². The second kappa shape index (κ2) is 7.89. The quantitative estimate of drug-likeness (QED) is 0.646. The number of carbonyl (C=O) groups is 1. The second-order valence-electron chi connectivity index (χ2n) is 8.87. The lowest BCUT2D eigenvalue weighted by Gasteiger charge is -2.37. The van der Waals surface area contributed by atoms with Crippen molar-refractivity contribution in [1.82, 2.24) is 19.4 Å². The van der Waals surface area contributed by atoms with Crippen molar-refractivity contribution >= 4 is 27.6 Å². The Kier molecular flexibility index (Phi) is 5.22. The molecule has 3 heterocycles. The maximum Gasteiger partial charge on any atom is 0.298 e. The van der Waals surface area contributed by atoms with E-state index in [4.69, 9.17) is 0 Å². The van der Waals surface area contributed by atoms with Crippen LogP contribution in [0.4, 0.5) is 14.5 Å². The van der Waals surface area contributed by atoms with Gasteiger partial charge in [0.25, 0.3) is 12.3 Å². The van der Waals surface area contributed by atoms with Crippen molar-refractivity contribution in [3.8, 4) is 11.8 Å². The Bertz CT molecular complexity index is 1370. The van der Waals surface area contributed by atoms with E-state index in [1.807, 2.05) is 12.8 Å². The maximum atomic E-state index is 13.5. The average Bonchev–Trinajstić information content (AvgIpc) is 3.16. The molecule has 5 rings (SSSR count). The zero-order valence-corrected chi connectivity index (χ0v) is 19.3. The number of aromatic nitrogens is 2. The number of amides is 1. The molecule has 0 unspecified atom stereocenters. The van der Waals surface area contributed by atoms with E-state index in [-0.39, 0.29) is 29.5 Å². The van der Waals surface area contributed by atoms with Gasteiger partial charge >= 0.3 is 0 Å². The third kappa shape index (κ3) is 4.05. The van der Waals surface area contributed by atoms with Gasteiger partial charge in [-0.25, -0.2) is 18.1 Å². The number of hydrogen-bond donors (Lipinski definition) is 1. The number of aryl methyl sites for hydroxylation is 1. The molecule has 12 heteroatoms. The van der Waals surface area contributed by atoms with Crippen LogP contribution in [0, 0.1) is 11.8 Å². The minimum Gasteiger partial charge on any atom is -0.295 e. The van der Waals surface area contributed by atoms with Crippen molar-refractivity contribution in [2.45, 2.75) is 49.2 Å². The Balaban J connectivity index is 1.57. The van der Waals surface area contributed by atoms with Gasteiger partial charge in [-0.3, -0.25) is 19.3 Å². The molecule has 1 aromatic carbocycles. The number of carbonyl (C=O) groups excluding carboxylic acids is 1. The molecule has 1 N–H and O–H groups in total. The normalized spacial score (nSPS) is 20.6. The molecule has 0 radical (unpaired) electrons. The Labute approximate surface area is 195 Å². The van der Waals surface area contributed by atoms with Crippen molar-refractivity contribution in [2.24, 2.45) is 12.0 Å². The first-order valence-electron chi connectivity index (χ1n) is 10.7. The highest BCUT2D eigenvalue weighted by atomic mass is 32.2. The lowest BCUT2D eigenvalue weighted by atomic mass is 10.1. The molecule has 0 spiro atoms. The standard InChI is InChI=1S/C22H22F2N6O3S/c1-22(7-8-22)27-34(32,33)16-4-5-18-17(9-16)20(31)29(13-14-10-26-28(2)12-14)21-25-11-15(30(18)21)3-6-19(23)24/h4-5,9-10,12,15,19,27H,7-8,11,13H2,1-2H3/t15-/m0/s1. The first-order valence-corrected chi connectivity index (χ1v) is 12.1. The first-order chi connectivity index (χ1) is 16.1. The van der Waals surface area contributed by atoms with Crippen LogP contribution in [0.5, 0.6) is 0 Å². The van der Waals surface area contributed by atoms with E-state index >= 15 is 0 Å². The van der Waals surface area contributed by atoms with Gasteiger partial charge in [-0.05, 0) is 43.9 Å². The molecule has 3 aliphatic rings. The zero-order chi connectivity index (χ0) is 24.3. The number of guanidine groups is 1. The smallest absolute Gasteiger partial charge is 0.295 e. The number of fused-ring (bicyclic) bond motifs is 3. The lowest BCUT2D eigenvalue weighted by Crippen LogP contribution is -2.52. The minimum absolute atomic E-state index is 0.0381. The fraction of sp³-hybridized carbons (Fsp3) is 0.409. The van der Waals surface area contributed by atoms with Crippen LogP contribution in [0.1, 0.15) is 35.7 Å². The highest BCUT2D eigenvalue weighted by Crippen LogP contribution is 2.38. The summed E-state index contributed by atoms with van der Waals surface area (Å²) in [5, 5.41) is 4.12. The van der Waals surface area contributed by atoms with Gasteiger partial charge in [0.05, 0.1) is 35.4 Å². The third-order valence-corrected chi connectivity index (χ3v) is 7.66. The number of hydrogen-bond acceptors (Lipinski definition) is 6. The topological polar surface area (TPSA) is 99.9 Å². The van der Waals surface area contributed by atoms with Crippen molar-refractivity contribution in [1.29, 1.82) is 0 Å². The largest absolute Gasteiger partial charge is 0.298 e. The van der Waals surface area contributed by atoms with Crippen LogP contribution in [0.15, 0.2) is 40.5 Å². The zero-order valence-electron chi connectivity index (χ0n) is 18.5. The predicted molar refractivity (Wildman–Crippen MR) is 120 cm³/mol. The van der Waals surface area contributed by atoms with E-state index < -0.39 is 33.9 Å². The van der Waals surface area contributed by atoms with E-state index in [1.54, 1.807) is 29.0 Å². The summed E-state index contributed by atoms with van der Waals surface area (Å²) in [6.07, 6.45) is 2.04. The van der Waals surface area contributed by atoms with Gasteiger partial charge in [0.1, 0.15) is 6.04 Å². The van der Waals surface area contributed by atoms with Crippen molar-refractivity contribution in [2.75, 3.05) is 11.4 Å². The molecule has 1 aliphatic carbocycles. The van der Waals surface area contributed by atoms with Crippen molar-refractivity contribution in [3.63, 3.8) is 0 Å². The van der Waals surface area contributed by atoms with Crippen molar-refractivity contribution < 1.29 is 22.0 Å². The monoisotopic (exact) mass is 488 g/mol. The molecular weight excluding hydrogens is 466 g/mol. The number of rotatable bonds is 5. The van der Waals surface area contributed by atoms with Crippen LogP contribution in [0.2, 0.25) is 0 Å². The fourth-order valence-electron chi connectivity index (χ4n) is 4.08. The second-order valence-corrected chi connectivity index (χ2v) is 10.6. The SMILES string of the molecule is Cn1cc(CN2C(=O)c3cc(S(=O)(=O)NC4(C)CC4)ccc3N3C2=NC[C@@H]3C#CC(F)F)cn1. The molecule has 1 atom stereocenters. The van der Waals surface area contributed by atoms with Gasteiger partial charge in [-0.15, -0.1) is 0 Å². The van der Waals surface area contributed by atoms with Crippen LogP contribution in [-0.4, -0.2) is 59.5 Å². The number of aliphatic imine (C=N–C) groups is 1. The summed E-state index contributed by atoms with van der Waals surface area (Å²) in [7, 11) is -2.11. The lowest BCUT2D eigenvalue weighted by molar-refractivity contribution is 0.0833. The van der Waals surface area contributed by atoms with Crippen LogP contribution in [0.3, 0.4) is 0 Å². The minimum atomic E-state index is -3.85. The summed E-state index contributed by atoms with van der Waals surface area (Å²) in [5.41, 5.74) is 0.776. The average molecular weight is 489 g/mol. The van der Waals surface area contributed by atoms with E-state index in [2.05, 4.69) is 20.7 Å². The molecule has 9 nitrogen and oxygen atoms in total. The van der Waals surface area contributed by atoms with Gasteiger partial charge in [0.15, 0.2) is 0 Å². The summed E-state index contributed by atoms with van der Waals surface area (Å²) >= 11 is 0. The predicted octanol–water partition coefficient (Wildman–Crippen LogP) is 1.72. The summed E-state index contributed by atoms with van der Waals surface area (Å²) in [4.78, 5) is 20.9. The summed E-state index contributed by atoms with van der Waals surface area (Å²) in [6.45, 7) is 2.05. The first kappa shape index (κ1) is 22.5. The van der Waals surface area contributed by atoms with Crippen LogP contribution in [-0.2, 0) is 23.6 Å². The van der Waals surface area contributed by atoms with Gasteiger partial charge in [-0.1, -0.05) is 5.92 Å². The molecule has 34 heavy (non-hydrogen) atoms. The number of anilines is 1. The molecule has 2 aliphatic heterocycles. The molecule has 1 aromatic heterocycles. The van der Waals surface area contributed by atoms with Crippen LogP contribution < -0.4 is 9.62 Å². The van der Waals surface area contributed by atoms with Gasteiger partial charge in [-0.2, -0.15) is 13.9 Å². The Morgan fingerprint density at radius 3 is 2.74 bits per heavy atom. The molecule has 1 fully saturated rings. The summed E-state index contributed by atoms with van der Waals surface area (Å²) in [5.74, 6) is 4.26. The fourth-order valence-corrected chi connectivity index (χ4v) is 5.57. The van der Waals surface area contributed by atoms with E-state index in [0.29, 0.717) is 5.69 Å². The third-order valence-electron chi connectivity index (χ3n) is 6.03. The Hall–Kier alpha value is -3.30. The molecule has 1 saturated carbocycles. The molecule has 0 bridgehead atoms. The van der Waals surface area contributed by atoms with Gasteiger partial charge < -0.3 is 0 Å². The molecule has 178 valence electrons. The van der Waals surface area contributed by atoms with Crippen LogP contribution in [0.25, 0.3) is 0 Å². The number of sulfonamides is 1. The van der Waals surface area contributed by atoms with Gasteiger partial charge in [0, 0.05) is 24.3 Å². The Morgan fingerprint density at radius 2 is 2.09 bits per heavy atom. The Morgan fingerprint density at radius 1 is 1.32 bits per heavy atom. The molecule has 1 amide bonds. The molecule has 2 aromatic rings. The van der Waals surface area contributed by atoms with E-state index in [1.165, 1.54) is 23.1 Å². The number of nitrogens with zero attached hydrogens (tertiary/aromatic N) is 5. The maximum absolute atomic E-state index is 13.5. The highest BCUT2D eigenvalue weighted by Gasteiger charge is 2.44. The van der Waals surface area contributed by atoms with Crippen LogP contribution >= 0.6 is 0 Å². The number of benzene rings is 1. The van der Waals surface area contributed by atoms with Gasteiger partial charge in [0.2, 0.25) is 16.0 Å².